The number of esters is 1. The lowest BCUT2D eigenvalue weighted by Gasteiger charge is -2.25. The molecule has 0 aromatic carbocycles. The predicted molar refractivity (Wildman–Crippen MR) is 105 cm³/mol. The SMILES string of the molecule is COC(=O)CN1C(=O)[C@@H](n2cnc3c(N)ncnc32)C[C@H]1CNC(=O)OC(C)(C)C. The molecule has 0 unspecified atom stereocenters. The number of alkyl carbamates (subject to hydrolysis) is 1. The lowest BCUT2D eigenvalue weighted by Crippen LogP contribution is -2.45. The van der Waals surface area contributed by atoms with Gasteiger partial charge in [-0.15, -0.1) is 0 Å². The maximum atomic E-state index is 13.1. The Bertz CT molecular complexity index is 967. The second-order valence-electron chi connectivity index (χ2n) is 7.91. The van der Waals surface area contributed by atoms with Crippen LogP contribution >= 0.6 is 0 Å². The molecule has 3 heterocycles. The molecule has 1 saturated heterocycles. The average molecular weight is 419 g/mol. The van der Waals surface area contributed by atoms with Crippen LogP contribution in [-0.4, -0.2) is 74.2 Å². The zero-order valence-electron chi connectivity index (χ0n) is 17.3. The van der Waals surface area contributed by atoms with Gasteiger partial charge in [-0.25, -0.2) is 19.7 Å². The number of rotatable bonds is 5. The first-order chi connectivity index (χ1) is 14.1. The molecule has 0 radical (unpaired) electrons. The number of ether oxygens (including phenoxy) is 2. The minimum atomic E-state index is -0.667. The minimum absolute atomic E-state index is 0.109. The van der Waals surface area contributed by atoms with Gasteiger partial charge in [0.15, 0.2) is 11.5 Å². The highest BCUT2D eigenvalue weighted by molar-refractivity contribution is 5.89. The highest BCUT2D eigenvalue weighted by atomic mass is 16.6. The fraction of sp³-hybridized carbons (Fsp3) is 0.556. The lowest BCUT2D eigenvalue weighted by atomic mass is 10.1. The number of methoxy groups -OCH3 is 1. The van der Waals surface area contributed by atoms with E-state index in [-0.39, 0.29) is 24.8 Å². The van der Waals surface area contributed by atoms with Crippen molar-refractivity contribution in [2.24, 2.45) is 0 Å². The number of carbonyl (C=O) groups is 3. The molecule has 2 amide bonds. The Morgan fingerprint density at radius 2 is 2.03 bits per heavy atom. The van der Waals surface area contributed by atoms with Crippen molar-refractivity contribution in [2.45, 2.75) is 44.9 Å². The van der Waals surface area contributed by atoms with Crippen LogP contribution in [0, 0.1) is 0 Å². The van der Waals surface area contributed by atoms with E-state index in [4.69, 9.17) is 15.2 Å². The topological polar surface area (TPSA) is 155 Å². The summed E-state index contributed by atoms with van der Waals surface area (Å²) in [7, 11) is 1.25. The fourth-order valence-electron chi connectivity index (χ4n) is 3.31. The molecule has 30 heavy (non-hydrogen) atoms. The van der Waals surface area contributed by atoms with Crippen LogP contribution in [0.2, 0.25) is 0 Å². The molecule has 2 aromatic rings. The zero-order chi connectivity index (χ0) is 22.1. The number of hydrogen-bond acceptors (Lipinski definition) is 9. The Balaban J connectivity index is 1.82. The number of fused-ring (bicyclic) bond motifs is 1. The third-order valence-electron chi connectivity index (χ3n) is 4.64. The van der Waals surface area contributed by atoms with Crippen LogP contribution in [0.1, 0.15) is 33.2 Å². The van der Waals surface area contributed by atoms with Crippen molar-refractivity contribution in [2.75, 3.05) is 25.9 Å². The number of nitrogens with one attached hydrogen (secondary N) is 1. The average Bonchev–Trinajstić information content (AvgIpc) is 3.21. The summed E-state index contributed by atoms with van der Waals surface area (Å²) in [5.74, 6) is -0.667. The van der Waals surface area contributed by atoms with Gasteiger partial charge in [-0.3, -0.25) is 9.59 Å². The Morgan fingerprint density at radius 1 is 1.30 bits per heavy atom. The molecule has 1 aliphatic rings. The third kappa shape index (κ3) is 4.42. The number of carbonyl (C=O) groups excluding carboxylic acids is 3. The van der Waals surface area contributed by atoms with Gasteiger partial charge in [-0.05, 0) is 27.2 Å². The van der Waals surface area contributed by atoms with Gasteiger partial charge in [0.05, 0.1) is 19.5 Å². The van der Waals surface area contributed by atoms with Gasteiger partial charge in [0.25, 0.3) is 0 Å². The van der Waals surface area contributed by atoms with Gasteiger partial charge in [0.2, 0.25) is 5.91 Å². The lowest BCUT2D eigenvalue weighted by molar-refractivity contribution is -0.147. The van der Waals surface area contributed by atoms with Gasteiger partial charge in [0.1, 0.15) is 30.0 Å². The van der Waals surface area contributed by atoms with Crippen LogP contribution in [0.5, 0.6) is 0 Å². The van der Waals surface area contributed by atoms with Crippen LogP contribution in [0.15, 0.2) is 12.7 Å². The molecule has 0 aliphatic carbocycles. The van der Waals surface area contributed by atoms with E-state index in [1.54, 1.807) is 25.3 Å². The number of nitrogen functional groups attached to an aromatic ring is 1. The van der Waals surface area contributed by atoms with E-state index in [9.17, 15) is 14.4 Å². The first kappa shape index (κ1) is 21.3. The van der Waals surface area contributed by atoms with Gasteiger partial charge >= 0.3 is 12.1 Å². The molecule has 12 heteroatoms. The summed E-state index contributed by atoms with van der Waals surface area (Å²) in [6.45, 7) is 5.13. The molecular formula is C18H25N7O5. The van der Waals surface area contributed by atoms with E-state index < -0.39 is 29.7 Å². The molecule has 3 rings (SSSR count). The van der Waals surface area contributed by atoms with Crippen molar-refractivity contribution in [1.29, 1.82) is 0 Å². The number of hydrogen-bond donors (Lipinski definition) is 2. The van der Waals surface area contributed by atoms with Crippen LogP contribution in [0.3, 0.4) is 0 Å². The largest absolute Gasteiger partial charge is 0.468 e. The number of imidazole rings is 1. The standard InChI is InChI=1S/C18H25N7O5/c1-18(2,3)30-17(28)20-6-10-5-11(16(27)24(10)7-12(26)29-4)25-9-23-13-14(19)21-8-22-15(13)25/h8-11H,5-7H2,1-4H3,(H,20,28)(H2,19,21,22)/t10-,11-/m0/s1. The Kier molecular flexibility index (Phi) is 5.76. The summed E-state index contributed by atoms with van der Waals surface area (Å²) < 4.78 is 11.6. The van der Waals surface area contributed by atoms with Crippen molar-refractivity contribution in [3.63, 3.8) is 0 Å². The first-order valence-corrected chi connectivity index (χ1v) is 9.38. The first-order valence-electron chi connectivity index (χ1n) is 9.38. The number of aromatic nitrogens is 4. The molecule has 3 N–H and O–H groups in total. The van der Waals surface area contributed by atoms with Gasteiger partial charge in [-0.2, -0.15) is 0 Å². The van der Waals surface area contributed by atoms with Crippen LogP contribution < -0.4 is 11.1 Å². The molecule has 0 spiro atoms. The van der Waals surface area contributed by atoms with Gasteiger partial charge in [0, 0.05) is 6.54 Å². The zero-order valence-corrected chi connectivity index (χ0v) is 17.3. The number of nitrogens with zero attached hydrogens (tertiary/aromatic N) is 5. The molecule has 162 valence electrons. The molecule has 2 aromatic heterocycles. The van der Waals surface area contributed by atoms with Crippen LogP contribution in [0.25, 0.3) is 11.2 Å². The summed E-state index contributed by atoms with van der Waals surface area (Å²) >= 11 is 0. The number of amides is 2. The summed E-state index contributed by atoms with van der Waals surface area (Å²) in [5, 5.41) is 2.66. The fourth-order valence-corrected chi connectivity index (χ4v) is 3.31. The molecule has 2 atom stereocenters. The predicted octanol–water partition coefficient (Wildman–Crippen LogP) is 0.248. The summed E-state index contributed by atoms with van der Waals surface area (Å²) in [4.78, 5) is 50.7. The highest BCUT2D eigenvalue weighted by Crippen LogP contribution is 2.31. The molecule has 0 saturated carbocycles. The molecule has 1 aliphatic heterocycles. The highest BCUT2D eigenvalue weighted by Gasteiger charge is 2.42. The number of anilines is 1. The van der Waals surface area contributed by atoms with Gasteiger partial charge in [-0.1, -0.05) is 0 Å². The monoisotopic (exact) mass is 419 g/mol. The van der Waals surface area contributed by atoms with E-state index in [1.165, 1.54) is 24.7 Å². The van der Waals surface area contributed by atoms with Crippen LogP contribution in [0.4, 0.5) is 10.6 Å². The molecular weight excluding hydrogens is 394 g/mol. The summed E-state index contributed by atoms with van der Waals surface area (Å²) in [5.41, 5.74) is 5.98. The van der Waals surface area contributed by atoms with Gasteiger partial charge < -0.3 is 30.0 Å². The second kappa shape index (κ2) is 8.13. The second-order valence-corrected chi connectivity index (χ2v) is 7.91. The third-order valence-corrected chi connectivity index (χ3v) is 4.64. The normalized spacial score (nSPS) is 19.2. The Morgan fingerprint density at radius 3 is 2.70 bits per heavy atom. The quantitative estimate of drug-likeness (QED) is 0.649. The number of nitrogens with two attached hydrogens (primary N) is 1. The van der Waals surface area contributed by atoms with E-state index in [2.05, 4.69) is 20.3 Å². The summed E-state index contributed by atoms with van der Waals surface area (Å²) in [6, 6.07) is -1.12. The smallest absolute Gasteiger partial charge is 0.407 e. The van der Waals surface area contributed by atoms with Crippen molar-refractivity contribution < 1.29 is 23.9 Å². The van der Waals surface area contributed by atoms with Crippen molar-refractivity contribution in [3.8, 4) is 0 Å². The molecule has 1 fully saturated rings. The Labute approximate surface area is 172 Å². The summed E-state index contributed by atoms with van der Waals surface area (Å²) in [6.07, 6.45) is 2.48. The number of likely N-dealkylation sites (tertiary alicyclic amines) is 1. The van der Waals surface area contributed by atoms with E-state index in [1.807, 2.05) is 0 Å². The molecule has 0 bridgehead atoms. The van der Waals surface area contributed by atoms with Crippen molar-refractivity contribution in [3.05, 3.63) is 12.7 Å². The van der Waals surface area contributed by atoms with Crippen molar-refractivity contribution in [1.82, 2.24) is 29.7 Å². The maximum absolute atomic E-state index is 13.1. The van der Waals surface area contributed by atoms with E-state index >= 15 is 0 Å². The van der Waals surface area contributed by atoms with Crippen LogP contribution in [-0.2, 0) is 19.1 Å². The minimum Gasteiger partial charge on any atom is -0.468 e. The van der Waals surface area contributed by atoms with E-state index in [0.29, 0.717) is 17.6 Å². The maximum Gasteiger partial charge on any atom is 0.407 e. The molecule has 12 nitrogen and oxygen atoms in total. The van der Waals surface area contributed by atoms with E-state index in [0.717, 1.165) is 0 Å². The Hall–Kier alpha value is -3.44. The van der Waals surface area contributed by atoms with Crippen molar-refractivity contribution >= 4 is 35.0 Å².